The van der Waals surface area contributed by atoms with Crippen molar-refractivity contribution in [3.8, 4) is 0 Å². The Morgan fingerprint density at radius 3 is 2.39 bits per heavy atom. The fourth-order valence-corrected chi connectivity index (χ4v) is 3.66. The van der Waals surface area contributed by atoms with Gasteiger partial charge in [-0.05, 0) is 38.8 Å². The summed E-state index contributed by atoms with van der Waals surface area (Å²) in [6.45, 7) is 1.27. The van der Waals surface area contributed by atoms with Crippen molar-refractivity contribution < 1.29 is 9.50 Å². The second-order valence-corrected chi connectivity index (χ2v) is 6.67. The van der Waals surface area contributed by atoms with Crippen LogP contribution in [-0.4, -0.2) is 46.8 Å². The molecule has 18 heavy (non-hydrogen) atoms. The van der Waals surface area contributed by atoms with Gasteiger partial charge in [-0.1, -0.05) is 0 Å². The predicted molar refractivity (Wildman–Crippen MR) is 71.9 cm³/mol. The van der Waals surface area contributed by atoms with Gasteiger partial charge in [-0.3, -0.25) is 0 Å². The number of hydrogen-bond donors (Lipinski definition) is 3. The summed E-state index contributed by atoms with van der Waals surface area (Å²) in [5, 5.41) is 12.7. The second kappa shape index (κ2) is 5.80. The van der Waals surface area contributed by atoms with E-state index < -0.39 is 17.8 Å². The van der Waals surface area contributed by atoms with Crippen LogP contribution in [0.1, 0.15) is 25.7 Å². The highest BCUT2D eigenvalue weighted by atomic mass is 35.5. The molecule has 5 atom stereocenters. The van der Waals surface area contributed by atoms with Gasteiger partial charge >= 0.3 is 0 Å². The van der Waals surface area contributed by atoms with Crippen molar-refractivity contribution in [3.63, 3.8) is 0 Å². The number of nitrogens with one attached hydrogen (secondary N) is 1. The van der Waals surface area contributed by atoms with E-state index in [1.807, 2.05) is 0 Å². The molecule has 2 fully saturated rings. The summed E-state index contributed by atoms with van der Waals surface area (Å²) in [7, 11) is 0. The maximum atomic E-state index is 14.8. The number of halogens is 3. The Balaban J connectivity index is 2.05. The van der Waals surface area contributed by atoms with Gasteiger partial charge in [0.25, 0.3) is 0 Å². The molecule has 0 spiro atoms. The van der Waals surface area contributed by atoms with Gasteiger partial charge in [0.2, 0.25) is 0 Å². The quantitative estimate of drug-likeness (QED) is 0.675. The monoisotopic (exact) mass is 298 g/mol. The van der Waals surface area contributed by atoms with Crippen LogP contribution in [0, 0.1) is 5.92 Å². The van der Waals surface area contributed by atoms with Gasteiger partial charge < -0.3 is 16.2 Å². The topological polar surface area (TPSA) is 58.3 Å². The van der Waals surface area contributed by atoms with Gasteiger partial charge in [-0.15, -0.1) is 23.2 Å². The Hall–Kier alpha value is 0.390. The third-order valence-electron chi connectivity index (χ3n) is 4.34. The molecule has 0 aromatic heterocycles. The molecule has 1 aliphatic carbocycles. The van der Waals surface area contributed by atoms with E-state index in [9.17, 15) is 9.50 Å². The first-order valence-corrected chi connectivity index (χ1v) is 7.43. The first kappa shape index (κ1) is 14.8. The fraction of sp³-hybridized carbons (Fsp3) is 1.00. The van der Waals surface area contributed by atoms with Gasteiger partial charge in [-0.25, -0.2) is 4.39 Å². The largest absolute Gasteiger partial charge is 0.393 e. The molecule has 0 aromatic carbocycles. The zero-order valence-corrected chi connectivity index (χ0v) is 11.8. The summed E-state index contributed by atoms with van der Waals surface area (Å²) >= 11 is 12.1. The SMILES string of the molecule is NC(C1CC(Cl)C(Cl)CC1O)C1(F)CCNCC1. The number of hydrogen-bond acceptors (Lipinski definition) is 3. The molecule has 0 bridgehead atoms. The number of aliphatic hydroxyl groups is 1. The van der Waals surface area contributed by atoms with E-state index in [0.29, 0.717) is 38.8 Å². The van der Waals surface area contributed by atoms with Gasteiger partial charge in [-0.2, -0.15) is 0 Å². The molecule has 4 N–H and O–H groups in total. The Morgan fingerprint density at radius 1 is 1.22 bits per heavy atom. The summed E-state index contributed by atoms with van der Waals surface area (Å²) in [6.07, 6.45) is 1.02. The molecule has 3 nitrogen and oxygen atoms in total. The highest BCUT2D eigenvalue weighted by Gasteiger charge is 2.47. The van der Waals surface area contributed by atoms with Crippen LogP contribution in [0.4, 0.5) is 4.39 Å². The molecule has 0 radical (unpaired) electrons. The van der Waals surface area contributed by atoms with Crippen LogP contribution in [-0.2, 0) is 0 Å². The molecule has 6 heteroatoms. The molecule has 1 saturated heterocycles. The lowest BCUT2D eigenvalue weighted by Gasteiger charge is -2.44. The van der Waals surface area contributed by atoms with Gasteiger partial charge in [0.15, 0.2) is 0 Å². The summed E-state index contributed by atoms with van der Waals surface area (Å²) in [4.78, 5) is 0. The minimum absolute atomic E-state index is 0.239. The molecule has 1 aliphatic heterocycles. The van der Waals surface area contributed by atoms with E-state index in [1.165, 1.54) is 0 Å². The zero-order valence-electron chi connectivity index (χ0n) is 10.3. The first-order valence-electron chi connectivity index (χ1n) is 6.55. The molecular weight excluding hydrogens is 278 g/mol. The average molecular weight is 299 g/mol. The average Bonchev–Trinajstić information content (AvgIpc) is 2.34. The zero-order chi connectivity index (χ0) is 13.3. The minimum Gasteiger partial charge on any atom is -0.393 e. The summed E-state index contributed by atoms with van der Waals surface area (Å²) in [6, 6.07) is -0.667. The molecule has 2 aliphatic rings. The maximum absolute atomic E-state index is 14.8. The lowest BCUT2D eigenvalue weighted by Crippen LogP contribution is -2.58. The standard InChI is InChI=1S/C12H21Cl2FN2O/c13-8-5-7(10(18)6-9(8)14)11(16)12(15)1-3-17-4-2-12/h7-11,17-18H,1-6,16H2. The van der Waals surface area contributed by atoms with Gasteiger partial charge in [0.1, 0.15) is 5.67 Å². The van der Waals surface area contributed by atoms with E-state index in [4.69, 9.17) is 28.9 Å². The van der Waals surface area contributed by atoms with Crippen LogP contribution in [0.25, 0.3) is 0 Å². The Bertz CT molecular complexity index is 289. The predicted octanol–water partition coefficient (Wildman–Crippen LogP) is 1.39. The highest BCUT2D eigenvalue weighted by Crippen LogP contribution is 2.39. The Kier molecular flexibility index (Phi) is 4.76. The van der Waals surface area contributed by atoms with Crippen LogP contribution in [0.2, 0.25) is 0 Å². The van der Waals surface area contributed by atoms with Gasteiger partial charge in [0, 0.05) is 12.0 Å². The second-order valence-electron chi connectivity index (χ2n) is 5.54. The molecule has 0 aromatic rings. The number of piperidine rings is 1. The smallest absolute Gasteiger partial charge is 0.128 e. The number of aliphatic hydroxyl groups excluding tert-OH is 1. The normalized spacial score (nSPS) is 42.5. The van der Waals surface area contributed by atoms with Crippen LogP contribution in [0.5, 0.6) is 0 Å². The van der Waals surface area contributed by atoms with Crippen molar-refractivity contribution in [2.45, 2.75) is 54.3 Å². The first-order chi connectivity index (χ1) is 8.44. The highest BCUT2D eigenvalue weighted by molar-refractivity contribution is 6.30. The van der Waals surface area contributed by atoms with Crippen molar-refractivity contribution in [1.29, 1.82) is 0 Å². The Labute approximate surface area is 117 Å². The third-order valence-corrected chi connectivity index (χ3v) is 5.44. The van der Waals surface area contributed by atoms with Crippen molar-refractivity contribution in [2.24, 2.45) is 11.7 Å². The Morgan fingerprint density at radius 2 is 1.78 bits per heavy atom. The molecular formula is C12H21Cl2FN2O. The van der Waals surface area contributed by atoms with Crippen molar-refractivity contribution in [1.82, 2.24) is 5.32 Å². The molecule has 5 unspecified atom stereocenters. The minimum atomic E-state index is -1.40. The van der Waals surface area contributed by atoms with Crippen molar-refractivity contribution in [3.05, 3.63) is 0 Å². The molecule has 2 rings (SSSR count). The lowest BCUT2D eigenvalue weighted by molar-refractivity contribution is -0.00779. The fourth-order valence-electron chi connectivity index (χ4n) is 3.06. The maximum Gasteiger partial charge on any atom is 0.128 e. The van der Waals surface area contributed by atoms with Crippen molar-refractivity contribution >= 4 is 23.2 Å². The lowest BCUT2D eigenvalue weighted by atomic mass is 9.73. The summed E-state index contributed by atoms with van der Waals surface area (Å²) in [5.74, 6) is -0.300. The van der Waals surface area contributed by atoms with Crippen LogP contribution in [0.3, 0.4) is 0 Å². The van der Waals surface area contributed by atoms with E-state index in [-0.39, 0.29) is 16.7 Å². The van der Waals surface area contributed by atoms with Gasteiger partial charge in [0.05, 0.1) is 16.9 Å². The molecule has 1 saturated carbocycles. The molecule has 1 heterocycles. The van der Waals surface area contributed by atoms with E-state index in [2.05, 4.69) is 5.32 Å². The van der Waals surface area contributed by atoms with Crippen molar-refractivity contribution in [2.75, 3.05) is 13.1 Å². The number of nitrogens with two attached hydrogens (primary N) is 1. The molecule has 106 valence electrons. The molecule has 0 amide bonds. The van der Waals surface area contributed by atoms with Crippen LogP contribution in [0.15, 0.2) is 0 Å². The number of rotatable bonds is 2. The summed E-state index contributed by atoms with van der Waals surface area (Å²) in [5.41, 5.74) is 4.69. The number of alkyl halides is 3. The van der Waals surface area contributed by atoms with E-state index in [0.717, 1.165) is 0 Å². The van der Waals surface area contributed by atoms with E-state index in [1.54, 1.807) is 0 Å². The summed E-state index contributed by atoms with van der Waals surface area (Å²) < 4.78 is 14.8. The van der Waals surface area contributed by atoms with E-state index >= 15 is 0 Å². The van der Waals surface area contributed by atoms with Crippen LogP contribution >= 0.6 is 23.2 Å². The van der Waals surface area contributed by atoms with Crippen LogP contribution < -0.4 is 11.1 Å². The third kappa shape index (κ3) is 2.93.